The molecule has 3 rings (SSSR count). The molecule has 32 heavy (non-hydrogen) atoms. The Bertz CT molecular complexity index is 1230. The molecule has 1 aliphatic rings. The molecule has 0 N–H and O–H groups in total. The summed E-state index contributed by atoms with van der Waals surface area (Å²) in [5.74, 6) is 0.733. The van der Waals surface area contributed by atoms with E-state index >= 15 is 0 Å². The first-order valence-electron chi connectivity index (χ1n) is 9.45. The van der Waals surface area contributed by atoms with E-state index in [9.17, 15) is 15.3 Å². The second kappa shape index (κ2) is 10.2. The van der Waals surface area contributed by atoms with Gasteiger partial charge in [0.15, 0.2) is 17.1 Å². The zero-order valence-corrected chi connectivity index (χ0v) is 18.1. The Morgan fingerprint density at radius 1 is 1.00 bits per heavy atom. The van der Waals surface area contributed by atoms with Crippen LogP contribution in [0.1, 0.15) is 15.9 Å². The summed E-state index contributed by atoms with van der Waals surface area (Å²) in [6.45, 7) is 0. The summed E-state index contributed by atoms with van der Waals surface area (Å²) in [5, 5.41) is 19.3. The van der Waals surface area contributed by atoms with Crippen molar-refractivity contribution in [2.24, 2.45) is 0 Å². The van der Waals surface area contributed by atoms with Crippen LogP contribution in [0.15, 0.2) is 83.9 Å². The van der Waals surface area contributed by atoms with Crippen molar-refractivity contribution in [2.75, 3.05) is 14.2 Å². The van der Waals surface area contributed by atoms with Gasteiger partial charge in [0.2, 0.25) is 5.78 Å². The fraction of sp³-hybridized carbons (Fsp3) is 0.0800. The molecule has 0 saturated heterocycles. The van der Waals surface area contributed by atoms with Gasteiger partial charge in [0.1, 0.15) is 12.1 Å². The maximum Gasteiger partial charge on any atom is 0.209 e. The molecule has 0 radical (unpaired) electrons. The van der Waals surface area contributed by atoms with Crippen LogP contribution in [0, 0.1) is 22.7 Å². The van der Waals surface area contributed by atoms with Gasteiger partial charge in [0.05, 0.1) is 25.6 Å². The molecule has 2 aromatic rings. The topological polar surface area (TPSA) is 86.4 Å². The summed E-state index contributed by atoms with van der Waals surface area (Å²) >= 11 is 5.98. The number of nitriles is 2. The Morgan fingerprint density at radius 2 is 1.69 bits per heavy atom. The monoisotopic (exact) mass is 443 g/mol. The molecule has 0 unspecified atom stereocenters. The number of ether oxygens (including phenoxy) is 2. The highest BCUT2D eigenvalue weighted by atomic mass is 35.5. The molecule has 6 nitrogen and oxygen atoms in total. The SMILES string of the molecule is COc1ccc(/C=C(/C(=O)c2ccc(Cl)cc2)N2C=CC=CC2=C(C#N)C#N)cc1OC. The van der Waals surface area contributed by atoms with E-state index in [4.69, 9.17) is 21.1 Å². The van der Waals surface area contributed by atoms with Crippen molar-refractivity contribution in [3.8, 4) is 23.6 Å². The number of hydrogen-bond acceptors (Lipinski definition) is 6. The lowest BCUT2D eigenvalue weighted by molar-refractivity contribution is 0.101. The molecule has 0 saturated carbocycles. The molecule has 1 heterocycles. The lowest BCUT2D eigenvalue weighted by Gasteiger charge is -2.26. The first-order valence-corrected chi connectivity index (χ1v) is 9.82. The maximum atomic E-state index is 13.5. The van der Waals surface area contributed by atoms with E-state index in [2.05, 4.69) is 0 Å². The Balaban J connectivity index is 2.20. The summed E-state index contributed by atoms with van der Waals surface area (Å²) in [4.78, 5) is 15.1. The molecule has 0 spiro atoms. The minimum atomic E-state index is -0.316. The number of hydrogen-bond donors (Lipinski definition) is 0. The maximum absolute atomic E-state index is 13.5. The molecule has 0 aliphatic carbocycles. The molecule has 0 bridgehead atoms. The largest absolute Gasteiger partial charge is 0.493 e. The molecule has 2 aromatic carbocycles. The molecule has 0 aromatic heterocycles. The van der Waals surface area contributed by atoms with Crippen LogP contribution in [-0.2, 0) is 0 Å². The smallest absolute Gasteiger partial charge is 0.209 e. The van der Waals surface area contributed by atoms with Crippen molar-refractivity contribution in [2.45, 2.75) is 0 Å². The van der Waals surface area contributed by atoms with Crippen molar-refractivity contribution >= 4 is 23.5 Å². The number of methoxy groups -OCH3 is 2. The number of halogens is 1. The summed E-state index contributed by atoms with van der Waals surface area (Å²) in [7, 11) is 3.06. The third-order valence-corrected chi connectivity index (χ3v) is 4.90. The van der Waals surface area contributed by atoms with Crippen LogP contribution in [-0.4, -0.2) is 24.9 Å². The Morgan fingerprint density at radius 3 is 2.31 bits per heavy atom. The minimum Gasteiger partial charge on any atom is -0.493 e. The van der Waals surface area contributed by atoms with Crippen LogP contribution in [0.3, 0.4) is 0 Å². The van der Waals surface area contributed by atoms with Gasteiger partial charge < -0.3 is 14.4 Å². The number of ketones is 1. The van der Waals surface area contributed by atoms with E-state index in [1.54, 1.807) is 73.0 Å². The van der Waals surface area contributed by atoms with E-state index in [-0.39, 0.29) is 17.1 Å². The summed E-state index contributed by atoms with van der Waals surface area (Å²) in [6, 6.07) is 15.5. The number of Topliss-reactive ketones (excluding diaryl/α,β-unsaturated/α-hetero) is 1. The number of rotatable bonds is 6. The Kier molecular flexibility index (Phi) is 7.13. The third-order valence-electron chi connectivity index (χ3n) is 4.65. The van der Waals surface area contributed by atoms with E-state index in [1.807, 2.05) is 12.1 Å². The predicted octanol–water partition coefficient (Wildman–Crippen LogP) is 5.27. The van der Waals surface area contributed by atoms with Crippen LogP contribution in [0.25, 0.3) is 6.08 Å². The fourth-order valence-corrected chi connectivity index (χ4v) is 3.22. The lowest BCUT2D eigenvalue weighted by atomic mass is 10.0. The highest BCUT2D eigenvalue weighted by Crippen LogP contribution is 2.31. The first kappa shape index (κ1) is 22.4. The van der Waals surface area contributed by atoms with Gasteiger partial charge in [-0.05, 0) is 60.2 Å². The molecular weight excluding hydrogens is 426 g/mol. The molecular formula is C25H18ClN3O3. The van der Waals surface area contributed by atoms with Gasteiger partial charge >= 0.3 is 0 Å². The number of nitrogens with zero attached hydrogens (tertiary/aromatic N) is 3. The van der Waals surface area contributed by atoms with E-state index in [0.717, 1.165) is 0 Å². The van der Waals surface area contributed by atoms with Gasteiger partial charge in [0, 0.05) is 16.8 Å². The van der Waals surface area contributed by atoms with E-state index < -0.39 is 0 Å². The van der Waals surface area contributed by atoms with Crippen molar-refractivity contribution in [3.05, 3.63) is 100 Å². The van der Waals surface area contributed by atoms with Gasteiger partial charge in [-0.2, -0.15) is 10.5 Å². The number of benzene rings is 2. The Labute approximate surface area is 191 Å². The van der Waals surface area contributed by atoms with Crippen LogP contribution in [0.4, 0.5) is 0 Å². The number of allylic oxidation sites excluding steroid dienone is 5. The van der Waals surface area contributed by atoms with Crippen molar-refractivity contribution < 1.29 is 14.3 Å². The van der Waals surface area contributed by atoms with Gasteiger partial charge in [0.25, 0.3) is 0 Å². The second-order valence-electron chi connectivity index (χ2n) is 6.53. The molecule has 7 heteroatoms. The number of carbonyl (C=O) groups is 1. The van der Waals surface area contributed by atoms with Gasteiger partial charge in [-0.25, -0.2) is 0 Å². The van der Waals surface area contributed by atoms with Crippen molar-refractivity contribution in [1.29, 1.82) is 10.5 Å². The van der Waals surface area contributed by atoms with Gasteiger partial charge in [-0.1, -0.05) is 23.7 Å². The number of carbonyl (C=O) groups excluding carboxylic acids is 1. The highest BCUT2D eigenvalue weighted by Gasteiger charge is 2.23. The average Bonchev–Trinajstić information content (AvgIpc) is 2.83. The van der Waals surface area contributed by atoms with E-state index in [1.165, 1.54) is 19.1 Å². The van der Waals surface area contributed by atoms with Gasteiger partial charge in [-0.15, -0.1) is 0 Å². The summed E-state index contributed by atoms with van der Waals surface area (Å²) in [6.07, 6.45) is 8.31. The van der Waals surface area contributed by atoms with Crippen LogP contribution in [0.5, 0.6) is 11.5 Å². The molecule has 1 aliphatic heterocycles. The minimum absolute atomic E-state index is 0.118. The van der Waals surface area contributed by atoms with Crippen LogP contribution in [0.2, 0.25) is 5.02 Å². The van der Waals surface area contributed by atoms with Crippen LogP contribution < -0.4 is 9.47 Å². The predicted molar refractivity (Wildman–Crippen MR) is 122 cm³/mol. The van der Waals surface area contributed by atoms with Crippen LogP contribution >= 0.6 is 11.6 Å². The first-order chi connectivity index (χ1) is 15.5. The van der Waals surface area contributed by atoms with Crippen molar-refractivity contribution in [3.63, 3.8) is 0 Å². The second-order valence-corrected chi connectivity index (χ2v) is 6.97. The summed E-state index contributed by atoms with van der Waals surface area (Å²) < 4.78 is 10.7. The zero-order valence-electron chi connectivity index (χ0n) is 17.4. The van der Waals surface area contributed by atoms with Gasteiger partial charge in [-0.3, -0.25) is 4.79 Å². The quantitative estimate of drug-likeness (QED) is 0.343. The molecule has 0 atom stereocenters. The average molecular weight is 444 g/mol. The zero-order chi connectivity index (χ0) is 23.1. The lowest BCUT2D eigenvalue weighted by Crippen LogP contribution is -2.24. The highest BCUT2D eigenvalue weighted by molar-refractivity contribution is 6.30. The summed E-state index contributed by atoms with van der Waals surface area (Å²) in [5.41, 5.74) is 1.48. The third kappa shape index (κ3) is 4.73. The Hall–Kier alpha value is -4.26. The normalized spacial score (nSPS) is 12.7. The molecule has 0 amide bonds. The van der Waals surface area contributed by atoms with Crippen molar-refractivity contribution in [1.82, 2.24) is 4.90 Å². The van der Waals surface area contributed by atoms with E-state index in [0.29, 0.717) is 33.3 Å². The fourth-order valence-electron chi connectivity index (χ4n) is 3.09. The molecule has 0 fully saturated rings. The molecule has 158 valence electrons. The standard InChI is InChI=1S/C25H18ClN3O3/c1-31-23-11-6-17(14-24(23)32-2)13-22(25(30)18-7-9-20(26)10-8-18)29-12-4-3-5-21(29)19(15-27)16-28/h3-14H,1-2H3/b22-13-.